The average molecular weight is 462 g/mol. The van der Waals surface area contributed by atoms with Gasteiger partial charge < -0.3 is 19.9 Å². The van der Waals surface area contributed by atoms with Crippen LogP contribution in [0.1, 0.15) is 16.7 Å². The van der Waals surface area contributed by atoms with E-state index in [0.717, 1.165) is 16.5 Å². The fraction of sp³-hybridized carbons (Fsp3) is 0.154. The van der Waals surface area contributed by atoms with Gasteiger partial charge in [-0.25, -0.2) is 4.79 Å². The Morgan fingerprint density at radius 3 is 2.52 bits per heavy atom. The van der Waals surface area contributed by atoms with Crippen LogP contribution in [0, 0.1) is 6.92 Å². The molecule has 0 aliphatic carbocycles. The highest BCUT2D eigenvalue weighted by atomic mass is 35.5. The molecule has 0 aliphatic rings. The maximum atomic E-state index is 13.2. The van der Waals surface area contributed by atoms with Crippen LogP contribution in [-0.4, -0.2) is 23.0 Å². The largest absolute Gasteiger partial charge is 0.497 e. The van der Waals surface area contributed by atoms with Crippen molar-refractivity contribution in [2.45, 2.75) is 20.0 Å². The normalized spacial score (nSPS) is 10.8. The zero-order valence-corrected chi connectivity index (χ0v) is 19.1. The van der Waals surface area contributed by atoms with E-state index in [1.165, 1.54) is 0 Å². The number of hydrogen-bond donors (Lipinski definition) is 2. The smallest absolute Gasteiger partial charge is 0.322 e. The minimum absolute atomic E-state index is 0.126. The number of nitrogens with zero attached hydrogens (tertiary/aromatic N) is 1. The van der Waals surface area contributed by atoms with Crippen LogP contribution >= 0.6 is 11.6 Å². The molecule has 7 heteroatoms. The van der Waals surface area contributed by atoms with Crippen LogP contribution in [0.15, 0.2) is 77.6 Å². The summed E-state index contributed by atoms with van der Waals surface area (Å²) in [5, 5.41) is 4.16. The van der Waals surface area contributed by atoms with Crippen molar-refractivity contribution in [2.24, 2.45) is 0 Å². The molecule has 0 saturated carbocycles. The predicted molar refractivity (Wildman–Crippen MR) is 132 cm³/mol. The zero-order chi connectivity index (χ0) is 23.4. The Kier molecular flexibility index (Phi) is 6.66. The first-order valence-corrected chi connectivity index (χ1v) is 10.9. The second-order valence-corrected chi connectivity index (χ2v) is 8.24. The van der Waals surface area contributed by atoms with Crippen LogP contribution in [0.2, 0.25) is 5.02 Å². The summed E-state index contributed by atoms with van der Waals surface area (Å²) in [4.78, 5) is 30.5. The molecule has 0 radical (unpaired) electrons. The van der Waals surface area contributed by atoms with Crippen molar-refractivity contribution in [3.63, 3.8) is 0 Å². The van der Waals surface area contributed by atoms with Gasteiger partial charge in [-0.1, -0.05) is 53.6 Å². The molecule has 0 aliphatic heterocycles. The van der Waals surface area contributed by atoms with Gasteiger partial charge in [0.05, 0.1) is 29.9 Å². The number of pyridine rings is 1. The number of anilines is 1. The predicted octanol–water partition coefficient (Wildman–Crippen LogP) is 5.73. The van der Waals surface area contributed by atoms with Gasteiger partial charge in [-0.3, -0.25) is 4.79 Å². The van der Waals surface area contributed by atoms with Gasteiger partial charge in [0.2, 0.25) is 0 Å². The molecular formula is C26H24ClN3O3. The number of aryl methyl sites for hydroxylation is 1. The number of benzene rings is 3. The van der Waals surface area contributed by atoms with Crippen molar-refractivity contribution in [3.05, 3.63) is 105 Å². The van der Waals surface area contributed by atoms with Crippen LogP contribution in [0.5, 0.6) is 5.75 Å². The lowest BCUT2D eigenvalue weighted by Crippen LogP contribution is -2.35. The third-order valence-electron chi connectivity index (χ3n) is 5.39. The maximum absolute atomic E-state index is 13.2. The van der Waals surface area contributed by atoms with Crippen molar-refractivity contribution >= 4 is 34.2 Å². The molecule has 0 unspecified atom stereocenters. The van der Waals surface area contributed by atoms with E-state index < -0.39 is 0 Å². The first-order valence-electron chi connectivity index (χ1n) is 10.5. The van der Waals surface area contributed by atoms with Crippen molar-refractivity contribution < 1.29 is 9.53 Å². The molecule has 2 N–H and O–H groups in total. The molecule has 1 heterocycles. The number of halogens is 1. The number of fused-ring (bicyclic) bond motifs is 1. The van der Waals surface area contributed by atoms with E-state index in [1.807, 2.05) is 43.3 Å². The highest BCUT2D eigenvalue weighted by Crippen LogP contribution is 2.23. The minimum atomic E-state index is -0.349. The van der Waals surface area contributed by atoms with Crippen molar-refractivity contribution in [2.75, 3.05) is 12.4 Å². The Labute approximate surface area is 196 Å². The Morgan fingerprint density at radius 2 is 1.79 bits per heavy atom. The van der Waals surface area contributed by atoms with Gasteiger partial charge in [0.25, 0.3) is 5.56 Å². The second kappa shape index (κ2) is 9.79. The molecule has 4 rings (SSSR count). The van der Waals surface area contributed by atoms with Gasteiger partial charge in [-0.15, -0.1) is 0 Å². The first kappa shape index (κ1) is 22.4. The number of aromatic nitrogens is 1. The lowest BCUT2D eigenvalue weighted by atomic mass is 10.1. The number of methoxy groups -OCH3 is 1. The van der Waals surface area contributed by atoms with Crippen LogP contribution in [0.25, 0.3) is 10.9 Å². The van der Waals surface area contributed by atoms with Crippen LogP contribution in [-0.2, 0) is 13.1 Å². The third-order valence-corrected chi connectivity index (χ3v) is 5.72. The van der Waals surface area contributed by atoms with E-state index >= 15 is 0 Å². The number of H-pyrrole nitrogens is 1. The number of carbonyl (C=O) groups is 1. The lowest BCUT2D eigenvalue weighted by Gasteiger charge is -2.24. The average Bonchev–Trinajstić information content (AvgIpc) is 2.81. The second-order valence-electron chi connectivity index (χ2n) is 7.83. The molecule has 2 amide bonds. The fourth-order valence-corrected chi connectivity index (χ4v) is 3.73. The number of nitrogens with one attached hydrogen (secondary N) is 2. The van der Waals surface area contributed by atoms with E-state index in [1.54, 1.807) is 48.4 Å². The number of rotatable bonds is 6. The summed E-state index contributed by atoms with van der Waals surface area (Å²) in [6, 6.07) is 21.9. The minimum Gasteiger partial charge on any atom is -0.497 e. The van der Waals surface area contributed by atoms with Crippen molar-refractivity contribution in [3.8, 4) is 5.75 Å². The van der Waals surface area contributed by atoms with E-state index in [0.29, 0.717) is 34.1 Å². The van der Waals surface area contributed by atoms with Crippen molar-refractivity contribution in [1.82, 2.24) is 9.88 Å². The summed E-state index contributed by atoms with van der Waals surface area (Å²) in [6.45, 7) is 2.47. The lowest BCUT2D eigenvalue weighted by molar-refractivity contribution is 0.206. The number of amides is 2. The maximum Gasteiger partial charge on any atom is 0.322 e. The number of urea groups is 1. The fourth-order valence-electron chi connectivity index (χ4n) is 3.55. The Bertz CT molecular complexity index is 1350. The summed E-state index contributed by atoms with van der Waals surface area (Å²) >= 11 is 6.23. The summed E-state index contributed by atoms with van der Waals surface area (Å²) in [7, 11) is 1.58. The van der Waals surface area contributed by atoms with Crippen molar-refractivity contribution in [1.29, 1.82) is 0 Å². The highest BCUT2D eigenvalue weighted by molar-refractivity contribution is 6.33. The zero-order valence-electron chi connectivity index (χ0n) is 18.4. The Hall–Kier alpha value is -3.77. The summed E-state index contributed by atoms with van der Waals surface area (Å²) in [6.07, 6.45) is 0. The molecule has 0 fully saturated rings. The molecule has 0 atom stereocenters. The number of para-hydroxylation sites is 1. The van der Waals surface area contributed by atoms with E-state index in [2.05, 4.69) is 10.3 Å². The van der Waals surface area contributed by atoms with E-state index in [-0.39, 0.29) is 18.1 Å². The highest BCUT2D eigenvalue weighted by Gasteiger charge is 2.18. The molecular weight excluding hydrogens is 438 g/mol. The first-order chi connectivity index (χ1) is 15.9. The number of hydrogen-bond acceptors (Lipinski definition) is 3. The van der Waals surface area contributed by atoms with Crippen LogP contribution < -0.4 is 15.6 Å². The molecule has 4 aromatic rings. The van der Waals surface area contributed by atoms with Gasteiger partial charge in [0.1, 0.15) is 5.75 Å². The molecule has 0 saturated heterocycles. The molecule has 6 nitrogen and oxygen atoms in total. The molecule has 0 bridgehead atoms. The number of aromatic amines is 1. The molecule has 1 aromatic heterocycles. The molecule has 33 heavy (non-hydrogen) atoms. The van der Waals surface area contributed by atoms with Crippen LogP contribution in [0.3, 0.4) is 0 Å². The Balaban J connectivity index is 1.65. The Morgan fingerprint density at radius 1 is 1.03 bits per heavy atom. The monoisotopic (exact) mass is 461 g/mol. The van der Waals surface area contributed by atoms with Gasteiger partial charge in [0.15, 0.2) is 0 Å². The SMILES string of the molecule is COc1ccc2cc(CN(Cc3ccc(C)cc3)C(=O)Nc3ccccc3Cl)c(=O)[nH]c2c1. The van der Waals surface area contributed by atoms with Crippen LogP contribution in [0.4, 0.5) is 10.5 Å². The number of ether oxygens (including phenoxy) is 1. The van der Waals surface area contributed by atoms with Gasteiger partial charge in [-0.2, -0.15) is 0 Å². The molecule has 0 spiro atoms. The standard InChI is InChI=1S/C26H24ClN3O3/c1-17-7-9-18(10-8-17)15-30(26(32)29-23-6-4-3-5-22(23)27)16-20-13-19-11-12-21(33-2)14-24(19)28-25(20)31/h3-14H,15-16H2,1-2H3,(H,28,31)(H,29,32). The number of carbonyl (C=O) groups excluding carboxylic acids is 1. The van der Waals surface area contributed by atoms with Gasteiger partial charge >= 0.3 is 6.03 Å². The summed E-state index contributed by atoms with van der Waals surface area (Å²) in [5.41, 5.74) is 3.50. The quantitative estimate of drug-likeness (QED) is 0.385. The van der Waals surface area contributed by atoms with Gasteiger partial charge in [-0.05, 0) is 48.2 Å². The van der Waals surface area contributed by atoms with E-state index in [4.69, 9.17) is 16.3 Å². The summed E-state index contributed by atoms with van der Waals surface area (Å²) < 4.78 is 5.24. The van der Waals surface area contributed by atoms with Gasteiger partial charge in [0, 0.05) is 18.2 Å². The van der Waals surface area contributed by atoms with E-state index in [9.17, 15) is 9.59 Å². The summed E-state index contributed by atoms with van der Waals surface area (Å²) in [5.74, 6) is 0.658. The molecule has 168 valence electrons. The third kappa shape index (κ3) is 5.35. The topological polar surface area (TPSA) is 74.4 Å². The molecule has 3 aromatic carbocycles.